The highest BCUT2D eigenvalue weighted by Crippen LogP contribution is 2.11. The normalized spacial score (nSPS) is 10.9. The highest BCUT2D eigenvalue weighted by Gasteiger charge is 2.06. The summed E-state index contributed by atoms with van der Waals surface area (Å²) in [7, 11) is 0. The summed E-state index contributed by atoms with van der Waals surface area (Å²) in [5, 5.41) is 0. The predicted octanol–water partition coefficient (Wildman–Crippen LogP) is 3.59. The molecule has 0 bridgehead atoms. The Labute approximate surface area is 93.7 Å². The Bertz CT molecular complexity index is 276. The summed E-state index contributed by atoms with van der Waals surface area (Å²) < 4.78 is 2.34. The monoisotopic (exact) mass is 208 g/mol. The number of hydrogen-bond acceptors (Lipinski definition) is 1. The first-order valence-electron chi connectivity index (χ1n) is 6.36. The van der Waals surface area contributed by atoms with Gasteiger partial charge in [-0.15, -0.1) is 0 Å². The van der Waals surface area contributed by atoms with Crippen molar-refractivity contribution in [1.82, 2.24) is 9.55 Å². The van der Waals surface area contributed by atoms with Crippen molar-refractivity contribution in [2.24, 2.45) is 0 Å². The average Bonchev–Trinajstić information content (AvgIpc) is 2.66. The lowest BCUT2D eigenvalue weighted by atomic mass is 10.2. The highest BCUT2D eigenvalue weighted by molar-refractivity contribution is 5.12. The maximum atomic E-state index is 4.47. The van der Waals surface area contributed by atoms with Gasteiger partial charge in [-0.1, -0.05) is 40.0 Å². The van der Waals surface area contributed by atoms with Gasteiger partial charge in [0, 0.05) is 12.2 Å². The standard InChI is InChI=1S/C13H24N2/c1-4-7-8-9-10-15-11-14-12(5-2)13(15)6-3/h11H,4-10H2,1-3H3. The van der Waals surface area contributed by atoms with E-state index in [9.17, 15) is 0 Å². The minimum absolute atomic E-state index is 1.06. The van der Waals surface area contributed by atoms with E-state index in [1.54, 1.807) is 0 Å². The van der Waals surface area contributed by atoms with Gasteiger partial charge in [0.1, 0.15) is 0 Å². The maximum absolute atomic E-state index is 4.47. The van der Waals surface area contributed by atoms with Crippen LogP contribution in [-0.2, 0) is 19.4 Å². The molecule has 0 aliphatic carbocycles. The minimum Gasteiger partial charge on any atom is -0.334 e. The van der Waals surface area contributed by atoms with E-state index in [-0.39, 0.29) is 0 Å². The lowest BCUT2D eigenvalue weighted by molar-refractivity contribution is 0.568. The lowest BCUT2D eigenvalue weighted by Crippen LogP contribution is -2.02. The van der Waals surface area contributed by atoms with E-state index in [4.69, 9.17) is 0 Å². The molecule has 0 aromatic carbocycles. The Kier molecular flexibility index (Phi) is 5.44. The van der Waals surface area contributed by atoms with Gasteiger partial charge in [0.15, 0.2) is 0 Å². The summed E-state index contributed by atoms with van der Waals surface area (Å²) in [5.74, 6) is 0. The van der Waals surface area contributed by atoms with Crippen molar-refractivity contribution in [2.75, 3.05) is 0 Å². The predicted molar refractivity (Wildman–Crippen MR) is 65.1 cm³/mol. The fourth-order valence-electron chi connectivity index (χ4n) is 2.05. The van der Waals surface area contributed by atoms with Crippen LogP contribution in [0.15, 0.2) is 6.33 Å². The van der Waals surface area contributed by atoms with Crippen LogP contribution in [0.3, 0.4) is 0 Å². The molecule has 0 amide bonds. The molecule has 0 spiro atoms. The Hall–Kier alpha value is -0.790. The highest BCUT2D eigenvalue weighted by atomic mass is 15.1. The summed E-state index contributed by atoms with van der Waals surface area (Å²) >= 11 is 0. The molecule has 1 aromatic rings. The van der Waals surface area contributed by atoms with Gasteiger partial charge in [-0.05, 0) is 19.3 Å². The van der Waals surface area contributed by atoms with Crippen LogP contribution in [0.5, 0.6) is 0 Å². The van der Waals surface area contributed by atoms with Crippen molar-refractivity contribution in [3.05, 3.63) is 17.7 Å². The van der Waals surface area contributed by atoms with Crippen LogP contribution >= 0.6 is 0 Å². The summed E-state index contributed by atoms with van der Waals surface area (Å²) in [4.78, 5) is 4.47. The molecule has 0 aliphatic heterocycles. The van der Waals surface area contributed by atoms with Gasteiger partial charge in [-0.3, -0.25) is 0 Å². The molecule has 0 saturated heterocycles. The average molecular weight is 208 g/mol. The van der Waals surface area contributed by atoms with Crippen molar-refractivity contribution in [1.29, 1.82) is 0 Å². The number of aryl methyl sites for hydroxylation is 2. The topological polar surface area (TPSA) is 17.8 Å². The maximum Gasteiger partial charge on any atom is 0.0951 e. The van der Waals surface area contributed by atoms with E-state index >= 15 is 0 Å². The number of aromatic nitrogens is 2. The van der Waals surface area contributed by atoms with Crippen molar-refractivity contribution >= 4 is 0 Å². The Morgan fingerprint density at radius 3 is 2.47 bits per heavy atom. The number of unbranched alkanes of at least 4 members (excludes halogenated alkanes) is 3. The molecule has 1 rings (SSSR count). The minimum atomic E-state index is 1.06. The number of nitrogens with zero attached hydrogens (tertiary/aromatic N) is 2. The molecular formula is C13H24N2. The molecular weight excluding hydrogens is 184 g/mol. The first kappa shape index (κ1) is 12.3. The molecule has 0 fully saturated rings. The van der Waals surface area contributed by atoms with Crippen LogP contribution in [-0.4, -0.2) is 9.55 Å². The van der Waals surface area contributed by atoms with E-state index < -0.39 is 0 Å². The summed E-state index contributed by atoms with van der Waals surface area (Å²) in [6.45, 7) is 7.81. The van der Waals surface area contributed by atoms with Crippen LogP contribution in [0.1, 0.15) is 57.8 Å². The van der Waals surface area contributed by atoms with Gasteiger partial charge in [0.25, 0.3) is 0 Å². The van der Waals surface area contributed by atoms with Crippen LogP contribution in [0.4, 0.5) is 0 Å². The third-order valence-electron chi connectivity index (χ3n) is 2.96. The van der Waals surface area contributed by atoms with E-state index in [0.29, 0.717) is 0 Å². The number of rotatable bonds is 7. The SMILES string of the molecule is CCCCCCn1cnc(CC)c1CC. The first-order valence-corrected chi connectivity index (χ1v) is 6.36. The fourth-order valence-corrected chi connectivity index (χ4v) is 2.05. The van der Waals surface area contributed by atoms with Crippen molar-refractivity contribution in [3.63, 3.8) is 0 Å². The molecule has 0 atom stereocenters. The molecule has 0 radical (unpaired) electrons. The van der Waals surface area contributed by atoms with Crippen molar-refractivity contribution in [2.45, 2.75) is 65.8 Å². The zero-order valence-electron chi connectivity index (χ0n) is 10.4. The van der Waals surface area contributed by atoms with E-state index in [2.05, 4.69) is 30.3 Å². The second kappa shape index (κ2) is 6.65. The summed E-state index contributed by atoms with van der Waals surface area (Å²) in [5.41, 5.74) is 2.72. The largest absolute Gasteiger partial charge is 0.334 e. The van der Waals surface area contributed by atoms with Gasteiger partial charge in [0.2, 0.25) is 0 Å². The molecule has 1 aromatic heterocycles. The molecule has 0 saturated carbocycles. The molecule has 2 nitrogen and oxygen atoms in total. The zero-order chi connectivity index (χ0) is 11.1. The Morgan fingerprint density at radius 2 is 1.87 bits per heavy atom. The van der Waals surface area contributed by atoms with Crippen molar-refractivity contribution < 1.29 is 0 Å². The second-order valence-corrected chi connectivity index (χ2v) is 4.10. The zero-order valence-corrected chi connectivity index (χ0v) is 10.4. The quantitative estimate of drug-likeness (QED) is 0.626. The van der Waals surface area contributed by atoms with Gasteiger partial charge in [-0.25, -0.2) is 4.98 Å². The molecule has 0 unspecified atom stereocenters. The second-order valence-electron chi connectivity index (χ2n) is 4.10. The first-order chi connectivity index (χ1) is 7.33. The van der Waals surface area contributed by atoms with E-state index in [1.807, 2.05) is 6.33 Å². The molecule has 1 heterocycles. The van der Waals surface area contributed by atoms with Crippen LogP contribution in [0.25, 0.3) is 0 Å². The van der Waals surface area contributed by atoms with Gasteiger partial charge in [-0.2, -0.15) is 0 Å². The number of hydrogen-bond donors (Lipinski definition) is 0. The van der Waals surface area contributed by atoms with Gasteiger partial charge < -0.3 is 4.57 Å². The smallest absolute Gasteiger partial charge is 0.0951 e. The third kappa shape index (κ3) is 3.37. The third-order valence-corrected chi connectivity index (χ3v) is 2.96. The summed E-state index contributed by atoms with van der Waals surface area (Å²) in [6, 6.07) is 0. The summed E-state index contributed by atoms with van der Waals surface area (Å²) in [6.07, 6.45) is 9.49. The molecule has 15 heavy (non-hydrogen) atoms. The molecule has 86 valence electrons. The van der Waals surface area contributed by atoms with Crippen molar-refractivity contribution in [3.8, 4) is 0 Å². The molecule has 0 aliphatic rings. The molecule has 2 heteroatoms. The Balaban J connectivity index is 2.49. The number of imidazole rings is 1. The van der Waals surface area contributed by atoms with Crippen LogP contribution in [0, 0.1) is 0 Å². The van der Waals surface area contributed by atoms with Crippen LogP contribution < -0.4 is 0 Å². The van der Waals surface area contributed by atoms with Gasteiger partial charge >= 0.3 is 0 Å². The fraction of sp³-hybridized carbons (Fsp3) is 0.769. The van der Waals surface area contributed by atoms with Crippen LogP contribution in [0.2, 0.25) is 0 Å². The van der Waals surface area contributed by atoms with E-state index in [1.165, 1.54) is 37.1 Å². The molecule has 0 N–H and O–H groups in total. The van der Waals surface area contributed by atoms with Gasteiger partial charge in [0.05, 0.1) is 12.0 Å². The Morgan fingerprint density at radius 1 is 1.07 bits per heavy atom. The van der Waals surface area contributed by atoms with E-state index in [0.717, 1.165) is 19.4 Å². The lowest BCUT2D eigenvalue weighted by Gasteiger charge is -2.07.